The van der Waals surface area contributed by atoms with Crippen molar-refractivity contribution in [3.05, 3.63) is 66.1 Å². The Labute approximate surface area is 206 Å². The summed E-state index contributed by atoms with van der Waals surface area (Å²) >= 11 is 0. The number of likely N-dealkylation sites (N-methyl/N-ethyl adjacent to an activating group) is 1. The summed E-state index contributed by atoms with van der Waals surface area (Å²) in [6, 6.07) is 12.7. The number of carbonyl (C=O) groups is 1. The highest BCUT2D eigenvalue weighted by atomic mass is 19.3. The van der Waals surface area contributed by atoms with Crippen LogP contribution in [-0.2, 0) is 17.6 Å². The number of fused-ring (bicyclic) bond motifs is 2. The first-order valence-corrected chi connectivity index (χ1v) is 11.5. The van der Waals surface area contributed by atoms with Gasteiger partial charge in [0.05, 0.1) is 18.4 Å². The molecule has 1 aromatic carbocycles. The third-order valence-corrected chi connectivity index (χ3v) is 5.82. The first-order valence-electron chi connectivity index (χ1n) is 11.5. The number of aromatic nitrogens is 4. The summed E-state index contributed by atoms with van der Waals surface area (Å²) in [6.45, 7) is 0.658. The number of anilines is 2. The van der Waals surface area contributed by atoms with Crippen molar-refractivity contribution in [2.45, 2.75) is 32.3 Å². The van der Waals surface area contributed by atoms with Crippen LogP contribution in [0, 0.1) is 0 Å². The van der Waals surface area contributed by atoms with Crippen LogP contribution in [0.2, 0.25) is 0 Å². The minimum atomic E-state index is -3.33. The summed E-state index contributed by atoms with van der Waals surface area (Å²) in [6.07, 6.45) is 2.41. The number of nitrogens with zero attached hydrogens (tertiary/aromatic N) is 5. The quantitative estimate of drug-likeness (QED) is 0.403. The molecule has 1 amide bonds. The van der Waals surface area contributed by atoms with E-state index < -0.39 is 6.11 Å². The molecule has 0 spiro atoms. The third kappa shape index (κ3) is 5.22. The lowest BCUT2D eigenvalue weighted by Gasteiger charge is -2.21. The Morgan fingerprint density at radius 2 is 1.89 bits per heavy atom. The van der Waals surface area contributed by atoms with Gasteiger partial charge in [-0.3, -0.25) is 9.78 Å². The van der Waals surface area contributed by atoms with Gasteiger partial charge in [-0.25, -0.2) is 15.0 Å². The van der Waals surface area contributed by atoms with Crippen molar-refractivity contribution in [2.24, 2.45) is 0 Å². The molecule has 1 N–H and O–H groups in total. The number of aryl methyl sites for hydroxylation is 1. The van der Waals surface area contributed by atoms with Gasteiger partial charge in [-0.2, -0.15) is 8.78 Å². The van der Waals surface area contributed by atoms with E-state index in [0.717, 1.165) is 41.3 Å². The molecule has 3 heterocycles. The van der Waals surface area contributed by atoms with Gasteiger partial charge in [0, 0.05) is 42.9 Å². The molecule has 1 aliphatic carbocycles. The topological polar surface area (TPSA) is 93.1 Å². The predicted octanol–water partition coefficient (Wildman–Crippen LogP) is 4.64. The van der Waals surface area contributed by atoms with Gasteiger partial charge in [0.25, 0.3) is 0 Å². The number of hydrogen-bond donors (Lipinski definition) is 1. The maximum atomic E-state index is 13.0. The van der Waals surface area contributed by atoms with Gasteiger partial charge in [-0.05, 0) is 36.8 Å². The Hall–Kier alpha value is -4.21. The second kappa shape index (κ2) is 9.44. The Bertz CT molecular complexity index is 1420. The summed E-state index contributed by atoms with van der Waals surface area (Å²) in [7, 11) is 1.80. The highest BCUT2D eigenvalue weighted by Crippen LogP contribution is 2.31. The summed E-state index contributed by atoms with van der Waals surface area (Å²) in [5, 5.41) is 4.81. The predicted molar refractivity (Wildman–Crippen MR) is 132 cm³/mol. The average Bonchev–Trinajstić information content (AvgIpc) is 3.32. The molecule has 8 nitrogen and oxygen atoms in total. The van der Waals surface area contributed by atoms with Crippen LogP contribution >= 0.6 is 0 Å². The number of rotatable bonds is 7. The lowest BCUT2D eigenvalue weighted by molar-refractivity contribution is -0.161. The number of hydrogen-bond acceptors (Lipinski definition) is 7. The molecule has 0 radical (unpaired) electrons. The van der Waals surface area contributed by atoms with E-state index in [9.17, 15) is 13.6 Å². The number of benzene rings is 1. The Kier molecular flexibility index (Phi) is 6.17. The van der Waals surface area contributed by atoms with Crippen LogP contribution in [0.3, 0.4) is 0 Å². The van der Waals surface area contributed by atoms with E-state index in [-0.39, 0.29) is 18.3 Å². The molecule has 36 heavy (non-hydrogen) atoms. The van der Waals surface area contributed by atoms with Crippen molar-refractivity contribution in [1.82, 2.24) is 19.9 Å². The van der Waals surface area contributed by atoms with E-state index in [1.54, 1.807) is 11.9 Å². The van der Waals surface area contributed by atoms with E-state index in [2.05, 4.69) is 20.0 Å². The lowest BCUT2D eigenvalue weighted by Crippen LogP contribution is -2.31. The number of pyridine rings is 2. The molecule has 0 aliphatic heterocycles. The summed E-state index contributed by atoms with van der Waals surface area (Å²) < 4.78 is 30.4. The second-order valence-corrected chi connectivity index (χ2v) is 8.77. The number of alkyl halides is 2. The molecule has 0 unspecified atom stereocenters. The van der Waals surface area contributed by atoms with Crippen LogP contribution in [-0.4, -0.2) is 45.5 Å². The van der Waals surface area contributed by atoms with Crippen LogP contribution in [0.15, 0.2) is 54.9 Å². The van der Waals surface area contributed by atoms with Gasteiger partial charge in [0.15, 0.2) is 5.82 Å². The second-order valence-electron chi connectivity index (χ2n) is 8.77. The Morgan fingerprint density at radius 1 is 1.08 bits per heavy atom. The maximum Gasteiger partial charge on any atom is 0.396 e. The van der Waals surface area contributed by atoms with Crippen molar-refractivity contribution >= 4 is 28.2 Å². The smallest absolute Gasteiger partial charge is 0.396 e. The maximum absolute atomic E-state index is 13.0. The van der Waals surface area contributed by atoms with Crippen LogP contribution in [0.4, 0.5) is 20.3 Å². The van der Waals surface area contributed by atoms with E-state index in [0.29, 0.717) is 29.9 Å². The van der Waals surface area contributed by atoms with Crippen molar-refractivity contribution in [3.8, 4) is 17.4 Å². The first kappa shape index (κ1) is 23.5. The van der Waals surface area contributed by atoms with E-state index in [4.69, 9.17) is 9.97 Å². The summed E-state index contributed by atoms with van der Waals surface area (Å²) in [5.74, 6) is 0.689. The molecule has 5 rings (SSSR count). The van der Waals surface area contributed by atoms with Gasteiger partial charge in [0.2, 0.25) is 11.8 Å². The standard InChI is InChI=1S/C26H24F2N6O2/c1-26(27,28)36-23-11-10-18(14-30-23)31-22(35)15-34(2)25-19-8-5-9-20(19)32-24(33-25)21-12-16-6-3-4-7-17(16)13-29-21/h3-4,6-7,10-14H,5,8-9,15H2,1-2H3,(H,31,35). The van der Waals surface area contributed by atoms with Gasteiger partial charge < -0.3 is 15.0 Å². The lowest BCUT2D eigenvalue weighted by atomic mass is 10.1. The van der Waals surface area contributed by atoms with Crippen LogP contribution in [0.5, 0.6) is 5.88 Å². The molecule has 1 aliphatic rings. The van der Waals surface area contributed by atoms with Crippen LogP contribution < -0.4 is 15.0 Å². The molecular formula is C26H24F2N6O2. The van der Waals surface area contributed by atoms with E-state index >= 15 is 0 Å². The third-order valence-electron chi connectivity index (χ3n) is 5.82. The van der Waals surface area contributed by atoms with Gasteiger partial charge in [-0.1, -0.05) is 24.3 Å². The van der Waals surface area contributed by atoms with E-state index in [1.165, 1.54) is 18.3 Å². The van der Waals surface area contributed by atoms with Crippen molar-refractivity contribution in [3.63, 3.8) is 0 Å². The molecule has 0 saturated heterocycles. The molecule has 3 aromatic heterocycles. The SMILES string of the molecule is CN(CC(=O)Nc1ccc(OC(C)(F)F)nc1)c1nc(-c2cc3ccccc3cn2)nc2c1CCC2. The van der Waals surface area contributed by atoms with Gasteiger partial charge >= 0.3 is 6.11 Å². The molecule has 0 saturated carbocycles. The summed E-state index contributed by atoms with van der Waals surface area (Å²) in [4.78, 5) is 32.5. The Morgan fingerprint density at radius 3 is 2.64 bits per heavy atom. The monoisotopic (exact) mass is 490 g/mol. The van der Waals surface area contributed by atoms with Gasteiger partial charge in [0.1, 0.15) is 11.5 Å². The number of ether oxygens (including phenoxy) is 1. The molecule has 0 fully saturated rings. The fourth-order valence-corrected chi connectivity index (χ4v) is 4.24. The number of halogens is 2. The van der Waals surface area contributed by atoms with Crippen molar-refractivity contribution in [1.29, 1.82) is 0 Å². The number of carbonyl (C=O) groups excluding carboxylic acids is 1. The zero-order valence-electron chi connectivity index (χ0n) is 19.8. The summed E-state index contributed by atoms with van der Waals surface area (Å²) in [5.41, 5.74) is 3.06. The van der Waals surface area contributed by atoms with Crippen LogP contribution in [0.1, 0.15) is 24.6 Å². The number of amides is 1. The van der Waals surface area contributed by atoms with Crippen LogP contribution in [0.25, 0.3) is 22.3 Å². The zero-order valence-corrected chi connectivity index (χ0v) is 19.8. The van der Waals surface area contributed by atoms with Gasteiger partial charge in [-0.15, -0.1) is 0 Å². The van der Waals surface area contributed by atoms with Crippen molar-refractivity contribution < 1.29 is 18.3 Å². The highest BCUT2D eigenvalue weighted by Gasteiger charge is 2.25. The molecule has 0 atom stereocenters. The fraction of sp³-hybridized carbons (Fsp3) is 0.269. The molecule has 184 valence electrons. The number of nitrogens with one attached hydrogen (secondary N) is 1. The minimum Gasteiger partial charge on any atom is -0.415 e. The molecule has 10 heteroatoms. The highest BCUT2D eigenvalue weighted by molar-refractivity contribution is 5.94. The molecular weight excluding hydrogens is 466 g/mol. The fourth-order valence-electron chi connectivity index (χ4n) is 4.24. The Balaban J connectivity index is 1.34. The van der Waals surface area contributed by atoms with Crippen molar-refractivity contribution in [2.75, 3.05) is 23.8 Å². The van der Waals surface area contributed by atoms with E-state index in [1.807, 2.05) is 36.5 Å². The largest absolute Gasteiger partial charge is 0.415 e. The zero-order chi connectivity index (χ0) is 25.3. The minimum absolute atomic E-state index is 0.0271. The molecule has 0 bridgehead atoms. The first-order chi connectivity index (χ1) is 17.2. The average molecular weight is 491 g/mol. The molecule has 4 aromatic rings. The normalized spacial score (nSPS) is 12.9.